The summed E-state index contributed by atoms with van der Waals surface area (Å²) < 4.78 is 0. The van der Waals surface area contributed by atoms with E-state index >= 15 is 0 Å². The molecule has 0 atom stereocenters. The van der Waals surface area contributed by atoms with Gasteiger partial charge in [0.2, 0.25) is 0 Å². The van der Waals surface area contributed by atoms with Gasteiger partial charge in [0.25, 0.3) is 5.91 Å². The normalized spacial score (nSPS) is 17.9. The number of amidine groups is 1. The molecule has 0 spiro atoms. The minimum absolute atomic E-state index is 0.0833. The lowest BCUT2D eigenvalue weighted by Crippen LogP contribution is -2.23. The van der Waals surface area contributed by atoms with Crippen LogP contribution in [0.2, 0.25) is 0 Å². The zero-order valence-corrected chi connectivity index (χ0v) is 14.0. The zero-order chi connectivity index (χ0) is 17.3. The van der Waals surface area contributed by atoms with E-state index in [0.29, 0.717) is 15.8 Å². The number of carbonyl (C=O) groups is 1. The summed E-state index contributed by atoms with van der Waals surface area (Å²) >= 11 is 1.25. The lowest BCUT2D eigenvalue weighted by atomic mass is 10.2. The second-order valence-electron chi connectivity index (χ2n) is 5.45. The summed E-state index contributed by atoms with van der Waals surface area (Å²) in [6.45, 7) is 1.88. The van der Waals surface area contributed by atoms with Crippen LogP contribution in [-0.2, 0) is 4.79 Å². The molecule has 0 bridgehead atoms. The van der Waals surface area contributed by atoms with Crippen LogP contribution in [0.5, 0.6) is 11.5 Å². The molecular formula is C18H16N2O3S. The molecule has 0 radical (unpaired) electrons. The number of phenolic OH excluding ortho intramolecular Hbond substituents is 2. The van der Waals surface area contributed by atoms with Crippen LogP contribution < -0.4 is 0 Å². The first-order chi connectivity index (χ1) is 11.4. The fourth-order valence-corrected chi connectivity index (χ4v) is 3.18. The number of rotatable bonds is 2. The van der Waals surface area contributed by atoms with Crippen molar-refractivity contribution in [3.05, 3.63) is 58.5 Å². The van der Waals surface area contributed by atoms with Gasteiger partial charge in [0.15, 0.2) is 5.17 Å². The predicted molar refractivity (Wildman–Crippen MR) is 96.4 cm³/mol. The maximum absolute atomic E-state index is 12.4. The Hall–Kier alpha value is -2.73. The number of aromatic hydroxyl groups is 2. The van der Waals surface area contributed by atoms with Gasteiger partial charge in [-0.3, -0.25) is 9.69 Å². The van der Waals surface area contributed by atoms with Gasteiger partial charge in [0.1, 0.15) is 17.2 Å². The van der Waals surface area contributed by atoms with Crippen LogP contribution in [0.15, 0.2) is 52.4 Å². The highest BCUT2D eigenvalue weighted by atomic mass is 32.2. The third-order valence-electron chi connectivity index (χ3n) is 3.54. The molecule has 2 aromatic rings. The quantitative estimate of drug-likeness (QED) is 0.819. The number of aliphatic imine (C=N–C) groups is 1. The summed E-state index contributed by atoms with van der Waals surface area (Å²) in [4.78, 5) is 18.7. The van der Waals surface area contributed by atoms with Crippen molar-refractivity contribution in [3.63, 3.8) is 0 Å². The van der Waals surface area contributed by atoms with Gasteiger partial charge in [-0.15, -0.1) is 0 Å². The minimum atomic E-state index is -0.154. The lowest BCUT2D eigenvalue weighted by Gasteiger charge is -2.08. The number of nitrogens with zero attached hydrogens (tertiary/aromatic N) is 2. The van der Waals surface area contributed by atoms with Gasteiger partial charge >= 0.3 is 0 Å². The number of aryl methyl sites for hydroxylation is 1. The molecule has 6 heteroatoms. The molecular weight excluding hydrogens is 324 g/mol. The molecule has 1 amide bonds. The van der Waals surface area contributed by atoms with E-state index < -0.39 is 0 Å². The number of hydrogen-bond donors (Lipinski definition) is 2. The highest BCUT2D eigenvalue weighted by molar-refractivity contribution is 8.18. The molecule has 2 N–H and O–H groups in total. The standard InChI is InChI=1S/C18H16N2O3S/c1-11-3-8-14(15(22)9-11)19-18-20(2)17(23)16(24-18)10-12-4-6-13(21)7-5-12/h3-10,21-22H,1-2H3/b16-10-,19-18?. The molecule has 1 aliphatic heterocycles. The molecule has 1 aliphatic rings. The van der Waals surface area contributed by atoms with E-state index in [9.17, 15) is 15.0 Å². The van der Waals surface area contributed by atoms with E-state index in [1.54, 1.807) is 49.5 Å². The van der Waals surface area contributed by atoms with Crippen LogP contribution in [0.25, 0.3) is 6.08 Å². The Morgan fingerprint density at radius 2 is 1.83 bits per heavy atom. The van der Waals surface area contributed by atoms with Crippen molar-refractivity contribution >= 4 is 34.6 Å². The average Bonchev–Trinajstić information content (AvgIpc) is 2.80. The SMILES string of the molecule is Cc1ccc(N=C2S/C(=C\c3ccc(O)cc3)C(=O)N2C)c(O)c1. The van der Waals surface area contributed by atoms with E-state index in [4.69, 9.17) is 0 Å². The van der Waals surface area contributed by atoms with E-state index in [1.165, 1.54) is 16.7 Å². The smallest absolute Gasteiger partial charge is 0.266 e. The molecule has 122 valence electrons. The number of thioether (sulfide) groups is 1. The number of benzene rings is 2. The first-order valence-corrected chi connectivity index (χ1v) is 8.10. The van der Waals surface area contributed by atoms with Crippen LogP contribution in [0.4, 0.5) is 5.69 Å². The average molecular weight is 340 g/mol. The number of carbonyl (C=O) groups excluding carboxylic acids is 1. The molecule has 0 aliphatic carbocycles. The van der Waals surface area contributed by atoms with Crippen molar-refractivity contribution in [2.75, 3.05) is 7.05 Å². The summed E-state index contributed by atoms with van der Waals surface area (Å²) in [6, 6.07) is 11.8. The van der Waals surface area contributed by atoms with Gasteiger partial charge in [0, 0.05) is 7.05 Å². The Labute approximate surface area is 144 Å². The molecule has 5 nitrogen and oxygen atoms in total. The number of phenols is 2. The largest absolute Gasteiger partial charge is 0.508 e. The topological polar surface area (TPSA) is 73.1 Å². The molecule has 1 heterocycles. The maximum atomic E-state index is 12.4. The van der Waals surface area contributed by atoms with Crippen molar-refractivity contribution in [2.45, 2.75) is 6.92 Å². The van der Waals surface area contributed by atoms with E-state index in [0.717, 1.165) is 11.1 Å². The third kappa shape index (κ3) is 3.28. The number of likely N-dealkylation sites (N-methyl/N-ethyl adjacent to an activating group) is 1. The third-order valence-corrected chi connectivity index (χ3v) is 4.60. The zero-order valence-electron chi connectivity index (χ0n) is 13.2. The van der Waals surface area contributed by atoms with Crippen LogP contribution >= 0.6 is 11.8 Å². The van der Waals surface area contributed by atoms with Crippen LogP contribution in [0, 0.1) is 6.92 Å². The van der Waals surface area contributed by atoms with Crippen molar-refractivity contribution in [3.8, 4) is 11.5 Å². The van der Waals surface area contributed by atoms with Crippen LogP contribution in [0.3, 0.4) is 0 Å². The molecule has 0 saturated carbocycles. The van der Waals surface area contributed by atoms with Crippen LogP contribution in [0.1, 0.15) is 11.1 Å². The summed E-state index contributed by atoms with van der Waals surface area (Å²) in [5.74, 6) is 0.107. The Kier molecular flexibility index (Phi) is 4.31. The highest BCUT2D eigenvalue weighted by Crippen LogP contribution is 2.35. The fourth-order valence-electron chi connectivity index (χ4n) is 2.20. The second kappa shape index (κ2) is 6.41. The summed E-state index contributed by atoms with van der Waals surface area (Å²) in [5, 5.41) is 19.8. The monoisotopic (exact) mass is 340 g/mol. The van der Waals surface area contributed by atoms with Crippen molar-refractivity contribution in [2.24, 2.45) is 4.99 Å². The van der Waals surface area contributed by atoms with Gasteiger partial charge in [-0.2, -0.15) is 0 Å². The summed E-state index contributed by atoms with van der Waals surface area (Å²) in [5.41, 5.74) is 2.18. The van der Waals surface area contributed by atoms with Crippen molar-refractivity contribution in [1.82, 2.24) is 4.90 Å². The Morgan fingerprint density at radius 3 is 2.50 bits per heavy atom. The molecule has 24 heavy (non-hydrogen) atoms. The number of hydrogen-bond acceptors (Lipinski definition) is 5. The van der Waals surface area contributed by atoms with Gasteiger partial charge in [-0.1, -0.05) is 18.2 Å². The summed E-state index contributed by atoms with van der Waals surface area (Å²) in [6.07, 6.45) is 1.75. The predicted octanol–water partition coefficient (Wildman–Crippen LogP) is 3.64. The van der Waals surface area contributed by atoms with Crippen molar-refractivity contribution in [1.29, 1.82) is 0 Å². The number of amides is 1. The van der Waals surface area contributed by atoms with Crippen LogP contribution in [-0.4, -0.2) is 33.2 Å². The molecule has 2 aromatic carbocycles. The summed E-state index contributed by atoms with van der Waals surface area (Å²) in [7, 11) is 1.65. The van der Waals surface area contributed by atoms with Gasteiger partial charge in [-0.25, -0.2) is 4.99 Å². The van der Waals surface area contributed by atoms with E-state index in [2.05, 4.69) is 4.99 Å². The Bertz CT molecular complexity index is 857. The molecule has 1 saturated heterocycles. The van der Waals surface area contributed by atoms with Gasteiger partial charge < -0.3 is 10.2 Å². The second-order valence-corrected chi connectivity index (χ2v) is 6.46. The van der Waals surface area contributed by atoms with Gasteiger partial charge in [-0.05, 0) is 60.2 Å². The molecule has 3 rings (SSSR count). The first kappa shape index (κ1) is 16.1. The van der Waals surface area contributed by atoms with E-state index in [1.807, 2.05) is 13.0 Å². The minimum Gasteiger partial charge on any atom is -0.508 e. The van der Waals surface area contributed by atoms with Gasteiger partial charge in [0.05, 0.1) is 4.91 Å². The molecule has 0 aromatic heterocycles. The molecule has 0 unspecified atom stereocenters. The highest BCUT2D eigenvalue weighted by Gasteiger charge is 2.30. The van der Waals surface area contributed by atoms with Crippen molar-refractivity contribution < 1.29 is 15.0 Å². The first-order valence-electron chi connectivity index (χ1n) is 7.29. The lowest BCUT2D eigenvalue weighted by molar-refractivity contribution is -0.121. The Balaban J connectivity index is 1.91. The Morgan fingerprint density at radius 1 is 1.12 bits per heavy atom. The molecule has 1 fully saturated rings. The fraction of sp³-hybridized carbons (Fsp3) is 0.111. The maximum Gasteiger partial charge on any atom is 0.266 e. The van der Waals surface area contributed by atoms with E-state index in [-0.39, 0.29) is 17.4 Å².